The molecule has 0 bridgehead atoms. The van der Waals surface area contributed by atoms with Crippen molar-refractivity contribution < 1.29 is 4.39 Å². The fourth-order valence-electron chi connectivity index (χ4n) is 1.83. The van der Waals surface area contributed by atoms with E-state index in [1.54, 1.807) is 12.1 Å². The van der Waals surface area contributed by atoms with E-state index in [0.717, 1.165) is 0 Å². The summed E-state index contributed by atoms with van der Waals surface area (Å²) in [5.41, 5.74) is -0.0341. The lowest BCUT2D eigenvalue weighted by molar-refractivity contribution is 0.571. The number of terminal acetylenes is 1. The summed E-state index contributed by atoms with van der Waals surface area (Å²) < 4.78 is 13.7. The molecule has 0 saturated carbocycles. The highest BCUT2D eigenvalue weighted by molar-refractivity contribution is 5.44. The van der Waals surface area contributed by atoms with E-state index in [-0.39, 0.29) is 5.82 Å². The molecule has 0 amide bonds. The van der Waals surface area contributed by atoms with Crippen molar-refractivity contribution >= 4 is 0 Å². The van der Waals surface area contributed by atoms with Gasteiger partial charge in [-0.1, -0.05) is 48.4 Å². The molecule has 1 unspecified atom stereocenters. The van der Waals surface area contributed by atoms with Gasteiger partial charge in [0.2, 0.25) is 0 Å². The third-order valence-electron chi connectivity index (χ3n) is 2.68. The summed E-state index contributed by atoms with van der Waals surface area (Å²) in [6.45, 7) is 0. The molecular weight excluding hydrogens is 187 g/mol. The van der Waals surface area contributed by atoms with E-state index in [4.69, 9.17) is 6.42 Å². The molecule has 1 aliphatic rings. The van der Waals surface area contributed by atoms with Crippen molar-refractivity contribution in [3.05, 3.63) is 60.0 Å². The Balaban J connectivity index is 2.54. The molecule has 1 aromatic rings. The Kier molecular flexibility index (Phi) is 2.43. The van der Waals surface area contributed by atoms with Crippen LogP contribution in [0.5, 0.6) is 0 Å². The predicted octanol–water partition coefficient (Wildman–Crippen LogP) is 3.21. The molecule has 0 heterocycles. The Morgan fingerprint density at radius 3 is 2.67 bits per heavy atom. The Hall–Kier alpha value is -1.81. The normalized spacial score (nSPS) is 23.7. The van der Waals surface area contributed by atoms with Crippen LogP contribution in [0.15, 0.2) is 48.6 Å². The number of rotatable bonds is 1. The van der Waals surface area contributed by atoms with Gasteiger partial charge in [0.05, 0.1) is 5.41 Å². The largest absolute Gasteiger partial charge is 0.207 e. The Morgan fingerprint density at radius 2 is 2.07 bits per heavy atom. The second-order valence-electron chi connectivity index (χ2n) is 3.59. The molecule has 1 atom stereocenters. The molecule has 1 heteroatoms. The van der Waals surface area contributed by atoms with Crippen LogP contribution in [-0.4, -0.2) is 0 Å². The zero-order chi connectivity index (χ0) is 10.7. The van der Waals surface area contributed by atoms with E-state index in [9.17, 15) is 4.39 Å². The number of hydrogen-bond donors (Lipinski definition) is 0. The van der Waals surface area contributed by atoms with Crippen LogP contribution in [0.2, 0.25) is 0 Å². The van der Waals surface area contributed by atoms with Crippen LogP contribution < -0.4 is 0 Å². The Labute approximate surface area is 89.1 Å². The zero-order valence-corrected chi connectivity index (χ0v) is 8.28. The average Bonchev–Trinajstić information content (AvgIpc) is 2.30. The Bertz CT molecular complexity index is 462. The molecule has 1 aromatic carbocycles. The highest BCUT2D eigenvalue weighted by Crippen LogP contribution is 2.33. The molecule has 0 aromatic heterocycles. The second kappa shape index (κ2) is 3.74. The van der Waals surface area contributed by atoms with Gasteiger partial charge in [-0.05, 0) is 12.5 Å². The van der Waals surface area contributed by atoms with Crippen molar-refractivity contribution in [1.29, 1.82) is 0 Å². The molecule has 0 saturated heterocycles. The molecule has 15 heavy (non-hydrogen) atoms. The van der Waals surface area contributed by atoms with E-state index < -0.39 is 5.41 Å². The van der Waals surface area contributed by atoms with E-state index in [0.29, 0.717) is 12.0 Å². The molecule has 0 nitrogen and oxygen atoms in total. The van der Waals surface area contributed by atoms with E-state index in [2.05, 4.69) is 5.92 Å². The molecule has 0 radical (unpaired) electrons. The molecule has 1 aliphatic carbocycles. The molecular formula is C14H11F. The third kappa shape index (κ3) is 1.59. The predicted molar refractivity (Wildman–Crippen MR) is 59.8 cm³/mol. The first kappa shape index (κ1) is 9.73. The van der Waals surface area contributed by atoms with Gasteiger partial charge in [0.1, 0.15) is 5.82 Å². The zero-order valence-electron chi connectivity index (χ0n) is 8.28. The number of halogens is 1. The summed E-state index contributed by atoms with van der Waals surface area (Å²) >= 11 is 0. The van der Waals surface area contributed by atoms with Gasteiger partial charge < -0.3 is 0 Å². The summed E-state index contributed by atoms with van der Waals surface area (Å²) in [4.78, 5) is 0. The molecule has 74 valence electrons. The van der Waals surface area contributed by atoms with Crippen LogP contribution in [0.4, 0.5) is 4.39 Å². The topological polar surface area (TPSA) is 0 Å². The van der Waals surface area contributed by atoms with Crippen molar-refractivity contribution in [3.63, 3.8) is 0 Å². The highest BCUT2D eigenvalue weighted by Gasteiger charge is 2.29. The first-order valence-electron chi connectivity index (χ1n) is 4.86. The van der Waals surface area contributed by atoms with Gasteiger partial charge in [-0.3, -0.25) is 0 Å². The minimum Gasteiger partial charge on any atom is -0.207 e. The lowest BCUT2D eigenvalue weighted by Gasteiger charge is -2.26. The summed E-state index contributed by atoms with van der Waals surface area (Å²) in [5.74, 6) is 2.46. The Morgan fingerprint density at radius 1 is 1.27 bits per heavy atom. The van der Waals surface area contributed by atoms with E-state index in [1.165, 1.54) is 6.07 Å². The van der Waals surface area contributed by atoms with E-state index in [1.807, 2.05) is 30.4 Å². The first-order chi connectivity index (χ1) is 7.28. The van der Waals surface area contributed by atoms with Crippen molar-refractivity contribution in [2.75, 3.05) is 0 Å². The molecule has 0 spiro atoms. The molecule has 0 fully saturated rings. The van der Waals surface area contributed by atoms with Gasteiger partial charge in [0, 0.05) is 5.56 Å². The monoisotopic (exact) mass is 198 g/mol. The molecule has 0 N–H and O–H groups in total. The lowest BCUT2D eigenvalue weighted by Crippen LogP contribution is -2.23. The maximum atomic E-state index is 13.7. The SMILES string of the molecule is C#CC1(c2ccccc2F)C=CC=CC1. The van der Waals surface area contributed by atoms with Crippen molar-refractivity contribution in [2.24, 2.45) is 0 Å². The maximum Gasteiger partial charge on any atom is 0.128 e. The van der Waals surface area contributed by atoms with Crippen molar-refractivity contribution in [2.45, 2.75) is 11.8 Å². The fourth-order valence-corrected chi connectivity index (χ4v) is 1.83. The van der Waals surface area contributed by atoms with Crippen LogP contribution in [0.1, 0.15) is 12.0 Å². The second-order valence-corrected chi connectivity index (χ2v) is 3.59. The minimum atomic E-state index is -0.611. The van der Waals surface area contributed by atoms with Gasteiger partial charge in [0.15, 0.2) is 0 Å². The van der Waals surface area contributed by atoms with Crippen molar-refractivity contribution in [1.82, 2.24) is 0 Å². The van der Waals surface area contributed by atoms with Crippen LogP contribution in [0.25, 0.3) is 0 Å². The van der Waals surface area contributed by atoms with Crippen LogP contribution in [0, 0.1) is 18.2 Å². The third-order valence-corrected chi connectivity index (χ3v) is 2.68. The van der Waals surface area contributed by atoms with Gasteiger partial charge in [-0.25, -0.2) is 4.39 Å². The summed E-state index contributed by atoms with van der Waals surface area (Å²) in [6.07, 6.45) is 13.8. The highest BCUT2D eigenvalue weighted by atomic mass is 19.1. The minimum absolute atomic E-state index is 0.240. The van der Waals surface area contributed by atoms with Gasteiger partial charge >= 0.3 is 0 Å². The van der Waals surface area contributed by atoms with Gasteiger partial charge in [-0.2, -0.15) is 0 Å². The smallest absolute Gasteiger partial charge is 0.128 e. The quantitative estimate of drug-likeness (QED) is 0.608. The summed E-state index contributed by atoms with van der Waals surface area (Å²) in [5, 5.41) is 0. The van der Waals surface area contributed by atoms with Crippen molar-refractivity contribution in [3.8, 4) is 12.3 Å². The summed E-state index contributed by atoms with van der Waals surface area (Å²) in [6, 6.07) is 6.67. The number of benzene rings is 1. The van der Waals surface area contributed by atoms with Gasteiger partial charge in [-0.15, -0.1) is 6.42 Å². The van der Waals surface area contributed by atoms with Crippen LogP contribution >= 0.6 is 0 Å². The summed E-state index contributed by atoms with van der Waals surface area (Å²) in [7, 11) is 0. The molecule has 0 aliphatic heterocycles. The first-order valence-corrected chi connectivity index (χ1v) is 4.86. The van der Waals surface area contributed by atoms with Crippen LogP contribution in [0.3, 0.4) is 0 Å². The van der Waals surface area contributed by atoms with E-state index >= 15 is 0 Å². The molecule has 2 rings (SSSR count). The standard InChI is InChI=1S/C14H11F/c1-2-14(10-6-3-7-11-14)12-8-4-5-9-13(12)15/h1,3-10H,11H2. The number of hydrogen-bond acceptors (Lipinski definition) is 0. The fraction of sp³-hybridized carbons (Fsp3) is 0.143. The average molecular weight is 198 g/mol. The van der Waals surface area contributed by atoms with Gasteiger partial charge in [0.25, 0.3) is 0 Å². The van der Waals surface area contributed by atoms with Crippen LogP contribution in [-0.2, 0) is 5.41 Å². The lowest BCUT2D eigenvalue weighted by atomic mass is 9.76. The number of allylic oxidation sites excluding steroid dienone is 4. The maximum absolute atomic E-state index is 13.7.